The third kappa shape index (κ3) is 9.29. The number of nitrogens with one attached hydrogen (secondary N) is 2. The van der Waals surface area contributed by atoms with Gasteiger partial charge in [-0.05, 0) is 69.1 Å². The number of hydrogen-bond donors (Lipinski definition) is 3. The second kappa shape index (κ2) is 15.6. The normalized spacial score (nSPS) is 15.4. The summed E-state index contributed by atoms with van der Waals surface area (Å²) in [7, 11) is 1.69. The summed E-state index contributed by atoms with van der Waals surface area (Å²) in [6.45, 7) is 6.66. The molecule has 30 heavy (non-hydrogen) atoms. The minimum Gasteiger partial charge on any atom is -0.493 e. The average Bonchev–Trinajstić information content (AvgIpc) is 3.24. The van der Waals surface area contributed by atoms with Crippen LogP contribution in [0.1, 0.15) is 64.4 Å². The zero-order chi connectivity index (χ0) is 20.9. The van der Waals surface area contributed by atoms with Crippen molar-refractivity contribution in [3.05, 3.63) is 23.8 Å². The molecule has 172 valence electrons. The smallest absolute Gasteiger partial charge is 0.191 e. The molecule has 1 atom stereocenters. The van der Waals surface area contributed by atoms with E-state index >= 15 is 0 Å². The number of halogens is 1. The van der Waals surface area contributed by atoms with Crippen LogP contribution in [0.25, 0.3) is 0 Å². The minimum atomic E-state index is 0. The van der Waals surface area contributed by atoms with Crippen LogP contribution in [0, 0.1) is 5.92 Å². The highest BCUT2D eigenvalue weighted by molar-refractivity contribution is 14.0. The Morgan fingerprint density at radius 1 is 1.17 bits per heavy atom. The molecule has 1 saturated carbocycles. The Kier molecular flexibility index (Phi) is 13.9. The summed E-state index contributed by atoms with van der Waals surface area (Å²) in [6, 6.07) is 6.08. The number of rotatable bonds is 12. The first-order valence-corrected chi connectivity index (χ1v) is 11.2. The van der Waals surface area contributed by atoms with Gasteiger partial charge in [-0.25, -0.2) is 4.99 Å². The van der Waals surface area contributed by atoms with Gasteiger partial charge in [0.15, 0.2) is 17.5 Å². The van der Waals surface area contributed by atoms with Crippen molar-refractivity contribution in [1.82, 2.24) is 10.6 Å². The lowest BCUT2D eigenvalue weighted by Gasteiger charge is -2.18. The number of guanidine groups is 1. The van der Waals surface area contributed by atoms with Crippen LogP contribution in [0.15, 0.2) is 23.2 Å². The maximum absolute atomic E-state index is 9.25. The van der Waals surface area contributed by atoms with Crippen LogP contribution in [0.4, 0.5) is 0 Å². The second-order valence-electron chi connectivity index (χ2n) is 7.75. The number of hydrogen-bond acceptors (Lipinski definition) is 4. The van der Waals surface area contributed by atoms with E-state index in [9.17, 15) is 5.11 Å². The fourth-order valence-corrected chi connectivity index (χ4v) is 3.79. The highest BCUT2D eigenvalue weighted by Gasteiger charge is 2.18. The van der Waals surface area contributed by atoms with Crippen molar-refractivity contribution in [2.24, 2.45) is 10.9 Å². The first-order valence-electron chi connectivity index (χ1n) is 11.2. The van der Waals surface area contributed by atoms with Crippen molar-refractivity contribution >= 4 is 29.9 Å². The average molecular weight is 533 g/mol. The molecule has 3 N–H and O–H groups in total. The third-order valence-electron chi connectivity index (χ3n) is 5.38. The monoisotopic (exact) mass is 533 g/mol. The van der Waals surface area contributed by atoms with E-state index in [1.165, 1.54) is 12.8 Å². The van der Waals surface area contributed by atoms with E-state index in [1.54, 1.807) is 7.11 Å². The highest BCUT2D eigenvalue weighted by Crippen LogP contribution is 2.32. The Balaban J connectivity index is 0.00000450. The Hall–Kier alpha value is -1.22. The van der Waals surface area contributed by atoms with Crippen molar-refractivity contribution in [2.45, 2.75) is 71.4 Å². The first-order chi connectivity index (χ1) is 14.2. The van der Waals surface area contributed by atoms with Gasteiger partial charge in [-0.15, -0.1) is 24.0 Å². The standard InChI is InChI=1S/C23H39N3O3.HI/c1-4-8-18(13-14-27)16-25-23(24-5-2)26-17-19-11-12-21(22(15-19)28-3)29-20-9-6-7-10-20;/h11-12,15,18,20,27H,4-10,13-14,16-17H2,1-3H3,(H2,24,25,26);1H. The van der Waals surface area contributed by atoms with Gasteiger partial charge in [-0.2, -0.15) is 0 Å². The van der Waals surface area contributed by atoms with E-state index in [4.69, 9.17) is 14.5 Å². The molecule has 0 heterocycles. The zero-order valence-electron chi connectivity index (χ0n) is 18.8. The van der Waals surface area contributed by atoms with Gasteiger partial charge < -0.3 is 25.2 Å². The summed E-state index contributed by atoms with van der Waals surface area (Å²) in [5.41, 5.74) is 1.08. The van der Waals surface area contributed by atoms with Gasteiger partial charge in [0.05, 0.1) is 19.8 Å². The van der Waals surface area contributed by atoms with Gasteiger partial charge >= 0.3 is 0 Å². The van der Waals surface area contributed by atoms with Crippen LogP contribution in [-0.2, 0) is 6.54 Å². The van der Waals surface area contributed by atoms with Gasteiger partial charge in [0.25, 0.3) is 0 Å². The van der Waals surface area contributed by atoms with Gasteiger partial charge in [-0.3, -0.25) is 0 Å². The van der Waals surface area contributed by atoms with Crippen molar-refractivity contribution in [2.75, 3.05) is 26.8 Å². The number of aliphatic imine (C=N–C) groups is 1. The number of aliphatic hydroxyl groups excluding tert-OH is 1. The van der Waals surface area contributed by atoms with Crippen molar-refractivity contribution in [1.29, 1.82) is 0 Å². The Bertz CT molecular complexity index is 616. The molecule has 1 aromatic rings. The van der Waals surface area contributed by atoms with Crippen molar-refractivity contribution < 1.29 is 14.6 Å². The lowest BCUT2D eigenvalue weighted by atomic mass is 10.0. The molecule has 1 fully saturated rings. The SMILES string of the molecule is CCCC(CCO)CNC(=NCc1ccc(OC2CCCC2)c(OC)c1)NCC.I. The van der Waals surface area contributed by atoms with E-state index in [2.05, 4.69) is 30.5 Å². The molecule has 0 spiro atoms. The van der Waals surface area contributed by atoms with E-state index in [1.807, 2.05) is 12.1 Å². The number of ether oxygens (including phenoxy) is 2. The predicted octanol–water partition coefficient (Wildman–Crippen LogP) is 4.49. The summed E-state index contributed by atoms with van der Waals surface area (Å²) >= 11 is 0. The molecular formula is C23H40IN3O3. The molecule has 1 aliphatic carbocycles. The Morgan fingerprint density at radius 2 is 1.93 bits per heavy atom. The Morgan fingerprint density at radius 3 is 2.57 bits per heavy atom. The van der Waals surface area contributed by atoms with Crippen LogP contribution in [0.5, 0.6) is 11.5 Å². The van der Waals surface area contributed by atoms with Crippen molar-refractivity contribution in [3.8, 4) is 11.5 Å². The molecule has 0 saturated heterocycles. The topological polar surface area (TPSA) is 75.1 Å². The molecule has 0 bridgehead atoms. The Labute approximate surface area is 199 Å². The first kappa shape index (κ1) is 26.8. The fourth-order valence-electron chi connectivity index (χ4n) is 3.79. The summed E-state index contributed by atoms with van der Waals surface area (Å²) in [5.74, 6) is 2.86. The number of aliphatic hydroxyl groups is 1. The van der Waals surface area contributed by atoms with E-state index in [0.29, 0.717) is 18.6 Å². The summed E-state index contributed by atoms with van der Waals surface area (Å²) in [6.07, 6.45) is 8.10. The van der Waals surface area contributed by atoms with Gasteiger partial charge in [-0.1, -0.05) is 19.4 Å². The van der Waals surface area contributed by atoms with Gasteiger partial charge in [0.1, 0.15) is 0 Å². The third-order valence-corrected chi connectivity index (χ3v) is 5.38. The molecule has 1 aromatic carbocycles. The lowest BCUT2D eigenvalue weighted by molar-refractivity contribution is 0.200. The van der Waals surface area contributed by atoms with Gasteiger partial charge in [0, 0.05) is 19.7 Å². The second-order valence-corrected chi connectivity index (χ2v) is 7.75. The van der Waals surface area contributed by atoms with Crippen LogP contribution in [0.3, 0.4) is 0 Å². The molecule has 6 nitrogen and oxygen atoms in total. The van der Waals surface area contributed by atoms with E-state index in [0.717, 1.165) is 68.2 Å². The zero-order valence-corrected chi connectivity index (χ0v) is 21.1. The lowest BCUT2D eigenvalue weighted by Crippen LogP contribution is -2.40. The van der Waals surface area contributed by atoms with Crippen molar-refractivity contribution in [3.63, 3.8) is 0 Å². The molecule has 2 rings (SSSR count). The molecule has 0 amide bonds. The molecular weight excluding hydrogens is 493 g/mol. The number of nitrogens with zero attached hydrogens (tertiary/aromatic N) is 1. The highest BCUT2D eigenvalue weighted by atomic mass is 127. The molecule has 0 aliphatic heterocycles. The van der Waals surface area contributed by atoms with E-state index < -0.39 is 0 Å². The van der Waals surface area contributed by atoms with Crippen LogP contribution >= 0.6 is 24.0 Å². The molecule has 7 heteroatoms. The maximum atomic E-state index is 9.25. The maximum Gasteiger partial charge on any atom is 0.191 e. The van der Waals surface area contributed by atoms with Crippen LogP contribution in [0.2, 0.25) is 0 Å². The molecule has 1 aliphatic rings. The summed E-state index contributed by atoms with van der Waals surface area (Å²) in [4.78, 5) is 4.72. The number of benzene rings is 1. The predicted molar refractivity (Wildman–Crippen MR) is 134 cm³/mol. The molecule has 0 aromatic heterocycles. The fraction of sp³-hybridized carbons (Fsp3) is 0.696. The summed E-state index contributed by atoms with van der Waals surface area (Å²) in [5, 5.41) is 16.0. The molecule has 0 radical (unpaired) electrons. The number of methoxy groups -OCH3 is 1. The quantitative estimate of drug-likeness (QED) is 0.210. The largest absolute Gasteiger partial charge is 0.493 e. The molecule has 1 unspecified atom stereocenters. The van der Waals surface area contributed by atoms with Crippen LogP contribution < -0.4 is 20.1 Å². The van der Waals surface area contributed by atoms with Crippen LogP contribution in [-0.4, -0.2) is 44.0 Å². The minimum absolute atomic E-state index is 0. The van der Waals surface area contributed by atoms with E-state index in [-0.39, 0.29) is 30.6 Å². The summed E-state index contributed by atoms with van der Waals surface area (Å²) < 4.78 is 11.7. The van der Waals surface area contributed by atoms with Gasteiger partial charge in [0.2, 0.25) is 0 Å².